The third-order valence-corrected chi connectivity index (χ3v) is 4.32. The van der Waals surface area contributed by atoms with Crippen LogP contribution in [-0.2, 0) is 16.0 Å². The maximum absolute atomic E-state index is 11.8. The third-order valence-electron chi connectivity index (χ3n) is 4.32. The van der Waals surface area contributed by atoms with E-state index in [9.17, 15) is 4.79 Å². The molecule has 0 bridgehead atoms. The van der Waals surface area contributed by atoms with E-state index in [-0.39, 0.29) is 12.0 Å². The van der Waals surface area contributed by atoms with E-state index in [1.807, 2.05) is 0 Å². The summed E-state index contributed by atoms with van der Waals surface area (Å²) in [6.45, 7) is 5.43. The second kappa shape index (κ2) is 9.04. The number of benzene rings is 1. The number of amides is 1. The first-order valence-electron chi connectivity index (χ1n) is 8.80. The van der Waals surface area contributed by atoms with Crippen molar-refractivity contribution in [1.29, 1.82) is 0 Å². The van der Waals surface area contributed by atoms with Crippen LogP contribution >= 0.6 is 0 Å². The van der Waals surface area contributed by atoms with Gasteiger partial charge < -0.3 is 15.8 Å². The summed E-state index contributed by atoms with van der Waals surface area (Å²) in [5.41, 5.74) is 8.61. The van der Waals surface area contributed by atoms with Crippen LogP contribution in [0, 0.1) is 5.92 Å². The van der Waals surface area contributed by atoms with E-state index in [1.54, 1.807) is 0 Å². The SMILES string of the molecule is CC(C)C[C@H](N)C(=O)NCCCOC1CCCc2ccccc21. The zero-order valence-corrected chi connectivity index (χ0v) is 14.4. The number of aryl methyl sites for hydroxylation is 1. The monoisotopic (exact) mass is 318 g/mol. The number of nitrogens with one attached hydrogen (secondary N) is 1. The lowest BCUT2D eigenvalue weighted by Crippen LogP contribution is -2.41. The highest BCUT2D eigenvalue weighted by Gasteiger charge is 2.20. The van der Waals surface area contributed by atoms with Crippen molar-refractivity contribution >= 4 is 5.91 Å². The minimum atomic E-state index is -0.402. The summed E-state index contributed by atoms with van der Waals surface area (Å²) < 4.78 is 6.03. The molecule has 0 heterocycles. The van der Waals surface area contributed by atoms with E-state index in [4.69, 9.17) is 10.5 Å². The van der Waals surface area contributed by atoms with Crippen molar-refractivity contribution < 1.29 is 9.53 Å². The molecule has 23 heavy (non-hydrogen) atoms. The molecule has 3 N–H and O–H groups in total. The lowest BCUT2D eigenvalue weighted by atomic mass is 9.89. The Bertz CT molecular complexity index is 502. The second-order valence-corrected chi connectivity index (χ2v) is 6.83. The van der Waals surface area contributed by atoms with Gasteiger partial charge in [-0.3, -0.25) is 4.79 Å². The first kappa shape index (κ1) is 18.0. The fourth-order valence-corrected chi connectivity index (χ4v) is 3.14. The molecule has 1 amide bonds. The van der Waals surface area contributed by atoms with Gasteiger partial charge >= 0.3 is 0 Å². The molecule has 1 aliphatic carbocycles. The van der Waals surface area contributed by atoms with Crippen molar-refractivity contribution in [1.82, 2.24) is 5.32 Å². The summed E-state index contributed by atoms with van der Waals surface area (Å²) in [6.07, 6.45) is 5.17. The van der Waals surface area contributed by atoms with Gasteiger partial charge in [0.2, 0.25) is 5.91 Å². The van der Waals surface area contributed by atoms with Gasteiger partial charge in [-0.15, -0.1) is 0 Å². The van der Waals surface area contributed by atoms with E-state index >= 15 is 0 Å². The number of carbonyl (C=O) groups is 1. The molecular weight excluding hydrogens is 288 g/mol. The summed E-state index contributed by atoms with van der Waals surface area (Å²) in [5.74, 6) is 0.382. The number of hydrogen-bond donors (Lipinski definition) is 2. The Morgan fingerprint density at radius 3 is 2.96 bits per heavy atom. The number of carbonyl (C=O) groups excluding carboxylic acids is 1. The van der Waals surface area contributed by atoms with Gasteiger partial charge in [0.05, 0.1) is 12.1 Å². The molecule has 2 atom stereocenters. The molecule has 0 spiro atoms. The van der Waals surface area contributed by atoms with Gasteiger partial charge in [-0.2, -0.15) is 0 Å². The molecule has 0 fully saturated rings. The smallest absolute Gasteiger partial charge is 0.236 e. The van der Waals surface area contributed by atoms with E-state index < -0.39 is 6.04 Å². The quantitative estimate of drug-likeness (QED) is 0.724. The van der Waals surface area contributed by atoms with Gasteiger partial charge in [-0.1, -0.05) is 38.1 Å². The summed E-state index contributed by atoms with van der Waals surface area (Å²) in [7, 11) is 0. The molecule has 0 radical (unpaired) electrons. The second-order valence-electron chi connectivity index (χ2n) is 6.83. The standard InChI is InChI=1S/C19H30N2O2/c1-14(2)13-17(20)19(22)21-11-6-12-23-18-10-5-8-15-7-3-4-9-16(15)18/h3-4,7,9,14,17-18H,5-6,8,10-13,20H2,1-2H3,(H,21,22)/t17-,18?/m0/s1. The summed E-state index contributed by atoms with van der Waals surface area (Å²) >= 11 is 0. The molecule has 0 aliphatic heterocycles. The van der Waals surface area contributed by atoms with Crippen LogP contribution in [0.3, 0.4) is 0 Å². The van der Waals surface area contributed by atoms with Crippen molar-refractivity contribution in [3.05, 3.63) is 35.4 Å². The molecular formula is C19H30N2O2. The van der Waals surface area contributed by atoms with Crippen molar-refractivity contribution in [2.24, 2.45) is 11.7 Å². The van der Waals surface area contributed by atoms with Gasteiger partial charge in [0.1, 0.15) is 0 Å². The minimum Gasteiger partial charge on any atom is -0.373 e. The zero-order valence-electron chi connectivity index (χ0n) is 14.4. The molecule has 0 aromatic heterocycles. The van der Waals surface area contributed by atoms with Crippen LogP contribution in [-0.4, -0.2) is 25.1 Å². The number of nitrogens with two attached hydrogens (primary N) is 1. The first-order chi connectivity index (χ1) is 11.1. The normalized spacial score (nSPS) is 18.5. The minimum absolute atomic E-state index is 0.0540. The van der Waals surface area contributed by atoms with E-state index in [0.717, 1.165) is 25.7 Å². The van der Waals surface area contributed by atoms with E-state index in [1.165, 1.54) is 17.5 Å². The molecule has 4 nitrogen and oxygen atoms in total. The summed E-state index contributed by atoms with van der Waals surface area (Å²) in [6, 6.07) is 8.14. The van der Waals surface area contributed by atoms with Gasteiger partial charge in [-0.05, 0) is 49.1 Å². The molecule has 1 aliphatic rings. The zero-order chi connectivity index (χ0) is 16.7. The van der Waals surface area contributed by atoms with Gasteiger partial charge in [0.25, 0.3) is 0 Å². The summed E-state index contributed by atoms with van der Waals surface area (Å²) in [5, 5.41) is 2.90. The molecule has 1 aromatic carbocycles. The predicted octanol–water partition coefficient (Wildman–Crippen LogP) is 2.96. The highest BCUT2D eigenvalue weighted by Crippen LogP contribution is 2.32. The van der Waals surface area contributed by atoms with Crippen LogP contribution in [0.15, 0.2) is 24.3 Å². The molecule has 1 aromatic rings. The summed E-state index contributed by atoms with van der Waals surface area (Å²) in [4.78, 5) is 11.8. The molecule has 0 saturated heterocycles. The number of ether oxygens (including phenoxy) is 1. The lowest BCUT2D eigenvalue weighted by molar-refractivity contribution is -0.122. The maximum atomic E-state index is 11.8. The Morgan fingerprint density at radius 2 is 2.17 bits per heavy atom. The fourth-order valence-electron chi connectivity index (χ4n) is 3.14. The van der Waals surface area contributed by atoms with E-state index in [2.05, 4.69) is 43.4 Å². The number of fused-ring (bicyclic) bond motifs is 1. The van der Waals surface area contributed by atoms with Crippen LogP contribution in [0.1, 0.15) is 56.8 Å². The van der Waals surface area contributed by atoms with E-state index in [0.29, 0.717) is 19.1 Å². The Kier molecular flexibility index (Phi) is 7.06. The maximum Gasteiger partial charge on any atom is 0.236 e. The Labute approximate surface area is 139 Å². The predicted molar refractivity (Wildman–Crippen MR) is 93.1 cm³/mol. The lowest BCUT2D eigenvalue weighted by Gasteiger charge is -2.25. The molecule has 4 heteroatoms. The van der Waals surface area contributed by atoms with Crippen molar-refractivity contribution in [2.45, 2.75) is 58.1 Å². The van der Waals surface area contributed by atoms with Gasteiger partial charge in [0.15, 0.2) is 0 Å². The molecule has 1 unspecified atom stereocenters. The highest BCUT2D eigenvalue weighted by atomic mass is 16.5. The van der Waals surface area contributed by atoms with Crippen molar-refractivity contribution in [3.63, 3.8) is 0 Å². The molecule has 128 valence electrons. The molecule has 0 saturated carbocycles. The number of rotatable bonds is 8. The van der Waals surface area contributed by atoms with Gasteiger partial charge in [0, 0.05) is 13.2 Å². The third kappa shape index (κ3) is 5.63. The first-order valence-corrected chi connectivity index (χ1v) is 8.80. The van der Waals surface area contributed by atoms with Crippen LogP contribution in [0.2, 0.25) is 0 Å². The van der Waals surface area contributed by atoms with Crippen LogP contribution in [0.5, 0.6) is 0 Å². The topological polar surface area (TPSA) is 64.4 Å². The Hall–Kier alpha value is -1.39. The largest absolute Gasteiger partial charge is 0.373 e. The van der Waals surface area contributed by atoms with Crippen LogP contribution in [0.25, 0.3) is 0 Å². The Balaban J connectivity index is 1.66. The molecule has 2 rings (SSSR count). The average molecular weight is 318 g/mol. The van der Waals surface area contributed by atoms with Crippen LogP contribution < -0.4 is 11.1 Å². The fraction of sp³-hybridized carbons (Fsp3) is 0.632. The highest BCUT2D eigenvalue weighted by molar-refractivity contribution is 5.81. The number of hydrogen-bond acceptors (Lipinski definition) is 3. The van der Waals surface area contributed by atoms with Crippen molar-refractivity contribution in [2.75, 3.05) is 13.2 Å². The van der Waals surface area contributed by atoms with Crippen LogP contribution in [0.4, 0.5) is 0 Å². The average Bonchev–Trinajstić information content (AvgIpc) is 2.53. The Morgan fingerprint density at radius 1 is 1.39 bits per heavy atom. The van der Waals surface area contributed by atoms with Crippen molar-refractivity contribution in [3.8, 4) is 0 Å². The van der Waals surface area contributed by atoms with Gasteiger partial charge in [-0.25, -0.2) is 0 Å².